The van der Waals surface area contributed by atoms with Crippen LogP contribution in [0.25, 0.3) is 0 Å². The van der Waals surface area contributed by atoms with Gasteiger partial charge in [0.15, 0.2) is 0 Å². The fourth-order valence-corrected chi connectivity index (χ4v) is 4.03. The van der Waals surface area contributed by atoms with Gasteiger partial charge in [0.2, 0.25) is 0 Å². The van der Waals surface area contributed by atoms with E-state index < -0.39 is 15.2 Å². The molecule has 1 aromatic heterocycles. The van der Waals surface area contributed by atoms with Crippen LogP contribution in [0.4, 0.5) is 0 Å². The molecule has 0 amide bonds. The summed E-state index contributed by atoms with van der Waals surface area (Å²) in [6.45, 7) is 6.38. The van der Waals surface area contributed by atoms with Crippen LogP contribution in [0.5, 0.6) is 0 Å². The molecule has 5 heteroatoms. The Morgan fingerprint density at radius 3 is 2.31 bits per heavy atom. The molecular formula is C11H17ClO2S2. The molecule has 1 heterocycles. The predicted octanol–water partition coefficient (Wildman–Crippen LogP) is 3.37. The average molecular weight is 281 g/mol. The summed E-state index contributed by atoms with van der Waals surface area (Å²) >= 11 is 7.68. The smallest absolute Gasteiger partial charge is 0.149 e. The SMILES string of the molecule is CC(C)(C)c1ccc(C(Cl)CS(C)(=O)=O)s1. The van der Waals surface area contributed by atoms with E-state index in [0.29, 0.717) is 0 Å². The maximum absolute atomic E-state index is 11.1. The van der Waals surface area contributed by atoms with Crippen molar-refractivity contribution in [1.29, 1.82) is 0 Å². The van der Waals surface area contributed by atoms with Gasteiger partial charge in [-0.3, -0.25) is 0 Å². The van der Waals surface area contributed by atoms with E-state index >= 15 is 0 Å². The van der Waals surface area contributed by atoms with Gasteiger partial charge in [-0.2, -0.15) is 0 Å². The average Bonchev–Trinajstić information content (AvgIpc) is 2.46. The molecule has 0 spiro atoms. The number of hydrogen-bond acceptors (Lipinski definition) is 3. The highest BCUT2D eigenvalue weighted by Crippen LogP contribution is 2.34. The zero-order chi connectivity index (χ0) is 12.6. The molecule has 0 aliphatic carbocycles. The highest BCUT2D eigenvalue weighted by atomic mass is 35.5. The van der Waals surface area contributed by atoms with Crippen molar-refractivity contribution in [3.8, 4) is 0 Å². The van der Waals surface area contributed by atoms with Crippen LogP contribution in [0.2, 0.25) is 0 Å². The molecule has 1 aromatic rings. The van der Waals surface area contributed by atoms with Gasteiger partial charge < -0.3 is 0 Å². The monoisotopic (exact) mass is 280 g/mol. The van der Waals surface area contributed by atoms with Gasteiger partial charge >= 0.3 is 0 Å². The molecule has 1 atom stereocenters. The number of sulfone groups is 1. The van der Waals surface area contributed by atoms with Gasteiger partial charge in [-0.15, -0.1) is 22.9 Å². The minimum Gasteiger partial charge on any atom is -0.229 e. The topological polar surface area (TPSA) is 34.1 Å². The maximum atomic E-state index is 11.1. The molecule has 1 unspecified atom stereocenters. The summed E-state index contributed by atoms with van der Waals surface area (Å²) in [5.41, 5.74) is 0.0879. The molecule has 0 saturated heterocycles. The van der Waals surface area contributed by atoms with Crippen molar-refractivity contribution < 1.29 is 8.42 Å². The summed E-state index contributed by atoms with van der Waals surface area (Å²) in [7, 11) is -3.02. The van der Waals surface area contributed by atoms with Crippen molar-refractivity contribution >= 4 is 32.8 Å². The molecule has 92 valence electrons. The first-order chi connectivity index (χ1) is 7.09. The lowest BCUT2D eigenvalue weighted by Crippen LogP contribution is -2.08. The van der Waals surface area contributed by atoms with Crippen molar-refractivity contribution in [2.45, 2.75) is 31.6 Å². The summed E-state index contributed by atoms with van der Waals surface area (Å²) in [4.78, 5) is 2.15. The minimum absolute atomic E-state index is 0.00134. The number of thiophene rings is 1. The Kier molecular flexibility index (Phi) is 4.08. The van der Waals surface area contributed by atoms with Gasteiger partial charge in [0.25, 0.3) is 0 Å². The molecule has 16 heavy (non-hydrogen) atoms. The van der Waals surface area contributed by atoms with Crippen molar-refractivity contribution in [2.75, 3.05) is 12.0 Å². The van der Waals surface area contributed by atoms with Gasteiger partial charge in [0.1, 0.15) is 9.84 Å². The molecule has 0 aliphatic rings. The van der Waals surface area contributed by atoms with Gasteiger partial charge in [-0.25, -0.2) is 8.42 Å². The van der Waals surface area contributed by atoms with Crippen LogP contribution in [-0.4, -0.2) is 20.4 Å². The van der Waals surface area contributed by atoms with Crippen LogP contribution < -0.4 is 0 Å². The largest absolute Gasteiger partial charge is 0.229 e. The first kappa shape index (κ1) is 14.0. The standard InChI is InChI=1S/C11H17ClO2S2/c1-11(2,3)10-6-5-9(15-10)8(12)7-16(4,13)14/h5-6,8H,7H2,1-4H3. The van der Waals surface area contributed by atoms with E-state index in [4.69, 9.17) is 11.6 Å². The molecule has 0 aromatic carbocycles. The molecular weight excluding hydrogens is 264 g/mol. The molecule has 0 fully saturated rings. The highest BCUT2D eigenvalue weighted by molar-refractivity contribution is 7.90. The number of alkyl halides is 1. The van der Waals surface area contributed by atoms with E-state index in [1.807, 2.05) is 12.1 Å². The number of rotatable bonds is 3. The van der Waals surface area contributed by atoms with Crippen molar-refractivity contribution in [3.05, 3.63) is 21.9 Å². The Morgan fingerprint density at radius 1 is 1.38 bits per heavy atom. The number of halogens is 1. The van der Waals surface area contributed by atoms with Crippen LogP contribution in [0, 0.1) is 0 Å². The molecule has 2 nitrogen and oxygen atoms in total. The second kappa shape index (κ2) is 4.67. The Balaban J connectivity index is 2.87. The van der Waals surface area contributed by atoms with Crippen molar-refractivity contribution in [3.63, 3.8) is 0 Å². The lowest BCUT2D eigenvalue weighted by molar-refractivity contribution is 0.600. The Labute approximate surface area is 107 Å². The third-order valence-electron chi connectivity index (χ3n) is 2.12. The first-order valence-electron chi connectivity index (χ1n) is 5.01. The third-order valence-corrected chi connectivity index (χ3v) is 5.39. The molecule has 1 rings (SSSR count). The molecule has 0 bridgehead atoms. The molecule has 0 N–H and O–H groups in total. The highest BCUT2D eigenvalue weighted by Gasteiger charge is 2.20. The van der Waals surface area contributed by atoms with E-state index in [9.17, 15) is 8.42 Å². The Bertz CT molecular complexity index is 455. The quantitative estimate of drug-likeness (QED) is 0.796. The van der Waals surface area contributed by atoms with Crippen molar-refractivity contribution in [2.24, 2.45) is 0 Å². The fraction of sp³-hybridized carbons (Fsp3) is 0.636. The maximum Gasteiger partial charge on any atom is 0.149 e. The van der Waals surface area contributed by atoms with Crippen LogP contribution in [0.3, 0.4) is 0 Å². The summed E-state index contributed by atoms with van der Waals surface area (Å²) in [5.74, 6) is -0.00134. The minimum atomic E-state index is -3.02. The normalized spacial score (nSPS) is 15.1. The zero-order valence-corrected chi connectivity index (χ0v) is 12.3. The van der Waals surface area contributed by atoms with Gasteiger partial charge in [0, 0.05) is 16.0 Å². The molecule has 0 aliphatic heterocycles. The van der Waals surface area contributed by atoms with Crippen LogP contribution in [-0.2, 0) is 15.3 Å². The van der Waals surface area contributed by atoms with E-state index in [0.717, 1.165) is 4.88 Å². The summed E-state index contributed by atoms with van der Waals surface area (Å²) < 4.78 is 22.3. The lowest BCUT2D eigenvalue weighted by atomic mass is 9.95. The summed E-state index contributed by atoms with van der Waals surface area (Å²) in [6, 6.07) is 3.95. The lowest BCUT2D eigenvalue weighted by Gasteiger charge is -2.15. The Hall–Kier alpha value is -0.0600. The van der Waals surface area contributed by atoms with E-state index in [-0.39, 0.29) is 11.2 Å². The van der Waals surface area contributed by atoms with Crippen molar-refractivity contribution in [1.82, 2.24) is 0 Å². The van der Waals surface area contributed by atoms with Crippen LogP contribution in [0.1, 0.15) is 35.9 Å². The fourth-order valence-electron chi connectivity index (χ4n) is 1.27. The second-order valence-electron chi connectivity index (χ2n) is 5.01. The predicted molar refractivity (Wildman–Crippen MR) is 71.3 cm³/mol. The van der Waals surface area contributed by atoms with Gasteiger partial charge in [0.05, 0.1) is 11.1 Å². The van der Waals surface area contributed by atoms with Crippen LogP contribution in [0.15, 0.2) is 12.1 Å². The van der Waals surface area contributed by atoms with Gasteiger partial charge in [-0.05, 0) is 17.5 Å². The van der Waals surface area contributed by atoms with E-state index in [1.54, 1.807) is 11.3 Å². The summed E-state index contributed by atoms with van der Waals surface area (Å²) in [6.07, 6.45) is 1.21. The molecule has 0 radical (unpaired) electrons. The van der Waals surface area contributed by atoms with Gasteiger partial charge in [-0.1, -0.05) is 20.8 Å². The Morgan fingerprint density at radius 2 is 1.94 bits per heavy atom. The number of hydrogen-bond donors (Lipinski definition) is 0. The van der Waals surface area contributed by atoms with E-state index in [2.05, 4.69) is 20.8 Å². The zero-order valence-electron chi connectivity index (χ0n) is 9.95. The molecule has 0 saturated carbocycles. The third kappa shape index (κ3) is 4.07. The first-order valence-corrected chi connectivity index (χ1v) is 8.33. The van der Waals surface area contributed by atoms with E-state index in [1.165, 1.54) is 11.1 Å². The summed E-state index contributed by atoms with van der Waals surface area (Å²) in [5, 5.41) is -0.434. The van der Waals surface area contributed by atoms with Crippen LogP contribution >= 0.6 is 22.9 Å². The second-order valence-corrected chi connectivity index (χ2v) is 8.84.